The summed E-state index contributed by atoms with van der Waals surface area (Å²) < 4.78 is 2.50. The van der Waals surface area contributed by atoms with Gasteiger partial charge in [0.2, 0.25) is 0 Å². The van der Waals surface area contributed by atoms with Crippen LogP contribution in [0.1, 0.15) is 5.56 Å². The fraction of sp³-hybridized carbons (Fsp3) is 0.200. The molecule has 0 spiro atoms. The predicted octanol–water partition coefficient (Wildman–Crippen LogP) is 5.12. The number of benzene rings is 1. The number of halogens is 2. The highest BCUT2D eigenvalue weighted by Crippen LogP contribution is 2.38. The zero-order valence-corrected chi connectivity index (χ0v) is 11.5. The molecular weight excluding hydrogens is 300 g/mol. The molecule has 0 bridgehead atoms. The van der Waals surface area contributed by atoms with E-state index in [2.05, 4.69) is 39.7 Å². The summed E-state index contributed by atoms with van der Waals surface area (Å²) in [5.74, 6) is 0.588. The monoisotopic (exact) mass is 306 g/mol. The van der Waals surface area contributed by atoms with Gasteiger partial charge < -0.3 is 0 Å². The number of alkyl halides is 1. The Kier molecular flexibility index (Phi) is 3.42. The van der Waals surface area contributed by atoms with Crippen LogP contribution in [0.5, 0.6) is 0 Å². The minimum atomic E-state index is 0.588. The first-order chi connectivity index (χ1) is 6.77. The van der Waals surface area contributed by atoms with E-state index in [0.717, 1.165) is 0 Å². The van der Waals surface area contributed by atoms with Crippen molar-refractivity contribution in [2.75, 3.05) is 6.26 Å². The van der Waals surface area contributed by atoms with E-state index in [1.54, 1.807) is 23.1 Å². The predicted molar refractivity (Wildman–Crippen MR) is 70.9 cm³/mol. The molecule has 0 N–H and O–H groups in total. The minimum absolute atomic E-state index is 0.588. The van der Waals surface area contributed by atoms with Gasteiger partial charge >= 0.3 is 0 Å². The lowest BCUT2D eigenvalue weighted by Crippen LogP contribution is -1.76. The van der Waals surface area contributed by atoms with Crippen molar-refractivity contribution < 1.29 is 0 Å². The average Bonchev–Trinajstić information content (AvgIpc) is 2.62. The van der Waals surface area contributed by atoms with E-state index < -0.39 is 0 Å². The minimum Gasteiger partial charge on any atom is -0.142 e. The molecule has 14 heavy (non-hydrogen) atoms. The molecule has 0 unspecified atom stereocenters. The maximum Gasteiger partial charge on any atom is 0.0499 e. The smallest absolute Gasteiger partial charge is 0.0499 e. The van der Waals surface area contributed by atoms with Crippen molar-refractivity contribution in [3.8, 4) is 0 Å². The van der Waals surface area contributed by atoms with Gasteiger partial charge in [-0.15, -0.1) is 34.7 Å². The standard InChI is InChI=1S/C10H8BrClS2/c1-13-8-3-2-7-6(4-12)5-14-10(7)9(8)11/h2-3,5H,4H2,1H3. The first kappa shape index (κ1) is 10.8. The van der Waals surface area contributed by atoms with Gasteiger partial charge in [0.15, 0.2) is 0 Å². The zero-order valence-electron chi connectivity index (χ0n) is 7.51. The van der Waals surface area contributed by atoms with E-state index in [1.807, 2.05) is 0 Å². The fourth-order valence-corrected chi connectivity index (χ4v) is 4.35. The molecule has 0 atom stereocenters. The normalized spacial score (nSPS) is 11.1. The number of thiophene rings is 1. The second-order valence-electron chi connectivity index (χ2n) is 2.85. The Labute approximate surface area is 105 Å². The number of thioether (sulfide) groups is 1. The van der Waals surface area contributed by atoms with Crippen molar-refractivity contribution in [3.63, 3.8) is 0 Å². The molecule has 1 aromatic heterocycles. The van der Waals surface area contributed by atoms with Crippen LogP contribution in [0.4, 0.5) is 0 Å². The molecule has 0 aliphatic carbocycles. The molecule has 4 heteroatoms. The van der Waals surface area contributed by atoms with E-state index in [4.69, 9.17) is 11.6 Å². The van der Waals surface area contributed by atoms with E-state index in [-0.39, 0.29) is 0 Å². The summed E-state index contributed by atoms with van der Waals surface area (Å²) >= 11 is 13.0. The Morgan fingerprint density at radius 3 is 2.93 bits per heavy atom. The van der Waals surface area contributed by atoms with Gasteiger partial charge in [-0.3, -0.25) is 0 Å². The highest BCUT2D eigenvalue weighted by Gasteiger charge is 2.09. The Morgan fingerprint density at radius 1 is 1.50 bits per heavy atom. The van der Waals surface area contributed by atoms with E-state index in [0.29, 0.717) is 5.88 Å². The second-order valence-corrected chi connectivity index (χ2v) is 5.64. The number of rotatable bonds is 2. The van der Waals surface area contributed by atoms with Crippen LogP contribution in [0.15, 0.2) is 26.9 Å². The quantitative estimate of drug-likeness (QED) is 0.548. The van der Waals surface area contributed by atoms with Crippen LogP contribution in [0.2, 0.25) is 0 Å². The van der Waals surface area contributed by atoms with E-state index in [9.17, 15) is 0 Å². The topological polar surface area (TPSA) is 0 Å². The van der Waals surface area contributed by atoms with Gasteiger partial charge in [0.1, 0.15) is 0 Å². The molecule has 1 aromatic carbocycles. The van der Waals surface area contributed by atoms with Crippen molar-refractivity contribution in [1.82, 2.24) is 0 Å². The van der Waals surface area contributed by atoms with Crippen LogP contribution in [-0.4, -0.2) is 6.26 Å². The number of fused-ring (bicyclic) bond motifs is 1. The van der Waals surface area contributed by atoms with Gasteiger partial charge in [0.25, 0.3) is 0 Å². The van der Waals surface area contributed by atoms with Gasteiger partial charge in [0.05, 0.1) is 0 Å². The van der Waals surface area contributed by atoms with E-state index in [1.165, 1.54) is 25.0 Å². The van der Waals surface area contributed by atoms with Gasteiger partial charge in [-0.25, -0.2) is 0 Å². The maximum absolute atomic E-state index is 5.86. The molecule has 74 valence electrons. The van der Waals surface area contributed by atoms with Crippen molar-refractivity contribution in [2.45, 2.75) is 10.8 Å². The summed E-state index contributed by atoms with van der Waals surface area (Å²) in [5.41, 5.74) is 1.22. The van der Waals surface area contributed by atoms with Gasteiger partial charge in [-0.2, -0.15) is 0 Å². The SMILES string of the molecule is CSc1ccc2c(CCl)csc2c1Br. The molecule has 0 nitrogen and oxygen atoms in total. The molecule has 0 amide bonds. The fourth-order valence-electron chi connectivity index (χ4n) is 1.36. The van der Waals surface area contributed by atoms with Crippen molar-refractivity contribution in [2.24, 2.45) is 0 Å². The Morgan fingerprint density at radius 2 is 2.29 bits per heavy atom. The molecule has 0 radical (unpaired) electrons. The number of hydrogen-bond acceptors (Lipinski definition) is 2. The summed E-state index contributed by atoms with van der Waals surface area (Å²) in [4.78, 5) is 1.28. The third-order valence-electron chi connectivity index (χ3n) is 2.09. The highest BCUT2D eigenvalue weighted by molar-refractivity contribution is 9.10. The Hall–Kier alpha value is 0.300. The van der Waals surface area contributed by atoms with Crippen molar-refractivity contribution in [1.29, 1.82) is 0 Å². The molecule has 0 aliphatic rings. The first-order valence-corrected chi connectivity index (χ1v) is 7.49. The number of hydrogen-bond donors (Lipinski definition) is 0. The van der Waals surface area contributed by atoms with Crippen molar-refractivity contribution >= 4 is 60.7 Å². The van der Waals surface area contributed by atoms with Crippen LogP contribution >= 0.6 is 50.6 Å². The zero-order chi connectivity index (χ0) is 10.1. The summed E-state index contributed by atoms with van der Waals surface area (Å²) in [6.07, 6.45) is 2.09. The second kappa shape index (κ2) is 4.44. The summed E-state index contributed by atoms with van der Waals surface area (Å²) in [6.45, 7) is 0. The molecule has 0 saturated heterocycles. The van der Waals surface area contributed by atoms with Crippen molar-refractivity contribution in [3.05, 3.63) is 27.5 Å². The maximum atomic E-state index is 5.86. The van der Waals surface area contributed by atoms with Crippen LogP contribution < -0.4 is 0 Å². The van der Waals surface area contributed by atoms with Crippen LogP contribution in [0.3, 0.4) is 0 Å². The largest absolute Gasteiger partial charge is 0.142 e. The van der Waals surface area contributed by atoms with Crippen LogP contribution in [0, 0.1) is 0 Å². The highest BCUT2D eigenvalue weighted by atomic mass is 79.9. The average molecular weight is 308 g/mol. The van der Waals surface area contributed by atoms with Gasteiger partial charge in [-0.1, -0.05) is 6.07 Å². The third kappa shape index (κ3) is 1.71. The molecule has 2 rings (SSSR count). The Balaban J connectivity index is 2.72. The van der Waals surface area contributed by atoms with Crippen LogP contribution in [-0.2, 0) is 5.88 Å². The van der Waals surface area contributed by atoms with Crippen LogP contribution in [0.25, 0.3) is 10.1 Å². The molecular formula is C10H8BrClS2. The lowest BCUT2D eigenvalue weighted by Gasteiger charge is -2.01. The molecule has 0 fully saturated rings. The molecule has 0 aliphatic heterocycles. The summed E-state index contributed by atoms with van der Waals surface area (Å²) in [5, 5.41) is 3.40. The molecule has 0 saturated carbocycles. The first-order valence-electron chi connectivity index (χ1n) is 4.06. The third-order valence-corrected chi connectivity index (χ3v) is 5.57. The molecule has 2 aromatic rings. The summed E-state index contributed by atoms with van der Waals surface area (Å²) in [7, 11) is 0. The van der Waals surface area contributed by atoms with Gasteiger partial charge in [0, 0.05) is 19.9 Å². The summed E-state index contributed by atoms with van der Waals surface area (Å²) in [6, 6.07) is 4.29. The molecule has 1 heterocycles. The van der Waals surface area contributed by atoms with E-state index >= 15 is 0 Å². The Bertz CT molecular complexity index is 464. The van der Waals surface area contributed by atoms with Gasteiger partial charge in [-0.05, 0) is 44.6 Å². The lowest BCUT2D eigenvalue weighted by atomic mass is 10.2. The lowest BCUT2D eigenvalue weighted by molar-refractivity contribution is 1.45.